The van der Waals surface area contributed by atoms with Crippen LogP contribution in [-0.4, -0.2) is 26.0 Å². The van der Waals surface area contributed by atoms with Crippen molar-refractivity contribution < 1.29 is 19.6 Å². The third kappa shape index (κ3) is 3.36. The molecule has 8 nitrogen and oxygen atoms in total. The van der Waals surface area contributed by atoms with Gasteiger partial charge in [0.25, 0.3) is 0 Å². The van der Waals surface area contributed by atoms with E-state index in [0.717, 1.165) is 24.5 Å². The lowest BCUT2D eigenvalue weighted by Crippen LogP contribution is -2.01. The van der Waals surface area contributed by atoms with Crippen molar-refractivity contribution in [3.63, 3.8) is 0 Å². The van der Waals surface area contributed by atoms with Crippen LogP contribution in [0.2, 0.25) is 10.0 Å². The molecule has 0 aliphatic carbocycles. The molecule has 0 amide bonds. The molecule has 0 aliphatic heterocycles. The van der Waals surface area contributed by atoms with Crippen LogP contribution in [0.1, 0.15) is 10.4 Å². The van der Waals surface area contributed by atoms with Gasteiger partial charge in [-0.05, 0) is 0 Å². The molecule has 0 spiro atoms. The summed E-state index contributed by atoms with van der Waals surface area (Å²) >= 11 is 11.5. The second-order valence-corrected chi connectivity index (χ2v) is 4.47. The number of benzene rings is 1. The van der Waals surface area contributed by atoms with Crippen molar-refractivity contribution in [1.29, 1.82) is 0 Å². The molecule has 10 heteroatoms. The Bertz CT molecular complexity index is 721. The first-order valence-corrected chi connectivity index (χ1v) is 6.00. The first-order valence-electron chi connectivity index (χ1n) is 5.25. The molecular formula is C11H5Cl2N3O5. The number of carboxylic acids is 1. The van der Waals surface area contributed by atoms with E-state index in [1.54, 1.807) is 0 Å². The first kappa shape index (κ1) is 14.9. The van der Waals surface area contributed by atoms with Gasteiger partial charge in [-0.2, -0.15) is 0 Å². The summed E-state index contributed by atoms with van der Waals surface area (Å²) < 4.78 is 5.14. The van der Waals surface area contributed by atoms with E-state index >= 15 is 0 Å². The van der Waals surface area contributed by atoms with E-state index in [2.05, 4.69) is 9.97 Å². The fraction of sp³-hybridized carbons (Fsp3) is 0. The molecule has 1 aromatic heterocycles. The zero-order chi connectivity index (χ0) is 15.6. The molecule has 0 aliphatic rings. The Kier molecular flexibility index (Phi) is 4.20. The molecule has 0 atom stereocenters. The van der Waals surface area contributed by atoms with Gasteiger partial charge in [-0.3, -0.25) is 10.1 Å². The lowest BCUT2D eigenvalue weighted by Gasteiger charge is -2.06. The number of hydrogen-bond donors (Lipinski definition) is 1. The number of aromatic carboxylic acids is 1. The Morgan fingerprint density at radius 2 is 1.81 bits per heavy atom. The lowest BCUT2D eigenvalue weighted by molar-refractivity contribution is -0.385. The maximum absolute atomic E-state index is 10.9. The van der Waals surface area contributed by atoms with Crippen LogP contribution in [-0.2, 0) is 0 Å². The van der Waals surface area contributed by atoms with Crippen LogP contribution in [0.4, 0.5) is 5.69 Å². The molecule has 2 rings (SSSR count). The zero-order valence-corrected chi connectivity index (χ0v) is 11.5. The summed E-state index contributed by atoms with van der Waals surface area (Å²) in [5.41, 5.74) is -0.568. The maximum atomic E-state index is 10.9. The van der Waals surface area contributed by atoms with Gasteiger partial charge < -0.3 is 9.84 Å². The smallest absolute Gasteiger partial charge is 0.338 e. The van der Waals surface area contributed by atoms with Crippen molar-refractivity contribution in [2.45, 2.75) is 0 Å². The molecule has 108 valence electrons. The largest absolute Gasteiger partial charge is 0.478 e. The predicted molar refractivity (Wildman–Crippen MR) is 72.2 cm³/mol. The molecule has 0 fully saturated rings. The van der Waals surface area contributed by atoms with Gasteiger partial charge in [0.1, 0.15) is 0 Å². The second kappa shape index (κ2) is 5.90. The Morgan fingerprint density at radius 3 is 2.33 bits per heavy atom. The van der Waals surface area contributed by atoms with Gasteiger partial charge in [0, 0.05) is 24.5 Å². The van der Waals surface area contributed by atoms with Crippen LogP contribution in [0.3, 0.4) is 0 Å². The average Bonchev–Trinajstić information content (AvgIpc) is 2.43. The maximum Gasteiger partial charge on any atom is 0.338 e. The van der Waals surface area contributed by atoms with Crippen LogP contribution < -0.4 is 4.74 Å². The summed E-state index contributed by atoms with van der Waals surface area (Å²) in [5.74, 6) is -1.42. The second-order valence-electron chi connectivity index (χ2n) is 3.65. The van der Waals surface area contributed by atoms with Gasteiger partial charge in [0.2, 0.25) is 5.75 Å². The van der Waals surface area contributed by atoms with Crippen molar-refractivity contribution in [3.8, 4) is 11.8 Å². The highest BCUT2D eigenvalue weighted by Crippen LogP contribution is 2.37. The summed E-state index contributed by atoms with van der Waals surface area (Å²) in [6, 6.07) is 1.92. The van der Waals surface area contributed by atoms with Crippen molar-refractivity contribution in [3.05, 3.63) is 50.2 Å². The summed E-state index contributed by atoms with van der Waals surface area (Å²) in [5, 5.41) is 19.7. The molecule has 0 saturated carbocycles. The molecule has 1 heterocycles. The first-order chi connectivity index (χ1) is 9.88. The SMILES string of the molecule is O=C(O)c1cnc(Oc2cc(Cl)c(Cl)cc2[N+](=O)[O-])nc1. The van der Waals surface area contributed by atoms with E-state index in [1.165, 1.54) is 0 Å². The number of carbonyl (C=O) groups is 1. The Labute approximate surface area is 127 Å². The number of nitro benzene ring substituents is 1. The van der Waals surface area contributed by atoms with Crippen LogP contribution in [0, 0.1) is 10.1 Å². The molecule has 21 heavy (non-hydrogen) atoms. The number of carboxylic acid groups (broad SMARTS) is 1. The van der Waals surface area contributed by atoms with Crippen LogP contribution >= 0.6 is 23.2 Å². The molecule has 0 saturated heterocycles. The van der Waals surface area contributed by atoms with E-state index in [-0.39, 0.29) is 27.4 Å². The number of hydrogen-bond acceptors (Lipinski definition) is 6. The van der Waals surface area contributed by atoms with Crippen molar-refractivity contribution >= 4 is 34.9 Å². The fourth-order valence-electron chi connectivity index (χ4n) is 1.32. The van der Waals surface area contributed by atoms with E-state index in [1.807, 2.05) is 0 Å². The number of rotatable bonds is 4. The van der Waals surface area contributed by atoms with E-state index in [0.29, 0.717) is 0 Å². The molecule has 1 aromatic carbocycles. The highest BCUT2D eigenvalue weighted by Gasteiger charge is 2.20. The number of nitrogens with zero attached hydrogens (tertiary/aromatic N) is 3. The van der Waals surface area contributed by atoms with E-state index in [9.17, 15) is 14.9 Å². The summed E-state index contributed by atoms with van der Waals surface area (Å²) in [7, 11) is 0. The minimum atomic E-state index is -1.21. The lowest BCUT2D eigenvalue weighted by atomic mass is 10.3. The molecule has 2 aromatic rings. The third-order valence-corrected chi connectivity index (χ3v) is 3.00. The molecule has 0 unspecified atom stereocenters. The van der Waals surface area contributed by atoms with E-state index < -0.39 is 16.6 Å². The van der Waals surface area contributed by atoms with Crippen molar-refractivity contribution in [2.24, 2.45) is 0 Å². The Balaban J connectivity index is 2.36. The summed E-state index contributed by atoms with van der Waals surface area (Å²) in [6.07, 6.45) is 2.02. The standard InChI is InChI=1S/C11H5Cl2N3O5/c12-6-1-8(16(19)20)9(2-7(6)13)21-11-14-3-5(4-15-11)10(17)18/h1-4H,(H,17,18). The minimum Gasteiger partial charge on any atom is -0.478 e. The van der Waals surface area contributed by atoms with Gasteiger partial charge in [0.05, 0.1) is 20.5 Å². The molecule has 1 N–H and O–H groups in total. The van der Waals surface area contributed by atoms with Crippen molar-refractivity contribution in [1.82, 2.24) is 9.97 Å². The van der Waals surface area contributed by atoms with Gasteiger partial charge in [-0.25, -0.2) is 14.8 Å². The number of ether oxygens (including phenoxy) is 1. The molecule has 0 bridgehead atoms. The quantitative estimate of drug-likeness (QED) is 0.676. The highest BCUT2D eigenvalue weighted by molar-refractivity contribution is 6.42. The average molecular weight is 330 g/mol. The minimum absolute atomic E-state index is 0.00198. The Morgan fingerprint density at radius 1 is 1.24 bits per heavy atom. The van der Waals surface area contributed by atoms with Gasteiger partial charge >= 0.3 is 17.7 Å². The monoisotopic (exact) mass is 329 g/mol. The highest BCUT2D eigenvalue weighted by atomic mass is 35.5. The number of halogens is 2. The predicted octanol–water partition coefficient (Wildman–Crippen LogP) is 3.18. The third-order valence-electron chi connectivity index (χ3n) is 2.27. The van der Waals surface area contributed by atoms with Gasteiger partial charge in [0.15, 0.2) is 0 Å². The molecule has 0 radical (unpaired) electrons. The Hall–Kier alpha value is -2.45. The van der Waals surface area contributed by atoms with Crippen LogP contribution in [0.25, 0.3) is 0 Å². The number of nitro groups is 1. The topological polar surface area (TPSA) is 115 Å². The summed E-state index contributed by atoms with van der Waals surface area (Å²) in [6.45, 7) is 0. The zero-order valence-electron chi connectivity index (χ0n) is 9.99. The fourth-order valence-corrected chi connectivity index (χ4v) is 1.63. The van der Waals surface area contributed by atoms with Crippen LogP contribution in [0.5, 0.6) is 11.8 Å². The van der Waals surface area contributed by atoms with Gasteiger partial charge in [-0.15, -0.1) is 0 Å². The van der Waals surface area contributed by atoms with Gasteiger partial charge in [-0.1, -0.05) is 23.2 Å². The van der Waals surface area contributed by atoms with E-state index in [4.69, 9.17) is 33.0 Å². The van der Waals surface area contributed by atoms with Crippen LogP contribution in [0.15, 0.2) is 24.5 Å². The normalized spacial score (nSPS) is 10.2. The molecular weight excluding hydrogens is 325 g/mol. The number of aromatic nitrogens is 2. The summed E-state index contributed by atoms with van der Waals surface area (Å²) in [4.78, 5) is 28.1. The van der Waals surface area contributed by atoms with Crippen molar-refractivity contribution in [2.75, 3.05) is 0 Å².